The van der Waals surface area contributed by atoms with Crippen molar-refractivity contribution in [2.45, 2.75) is 64.1 Å². The molecule has 1 aliphatic rings. The number of carbonyl (C=O) groups is 1. The molecule has 1 aliphatic carbocycles. The Morgan fingerprint density at radius 3 is 2.74 bits per heavy atom. The van der Waals surface area contributed by atoms with Gasteiger partial charge in [0, 0.05) is 12.6 Å². The van der Waals surface area contributed by atoms with Gasteiger partial charge in [-0.3, -0.25) is 10.1 Å². The third-order valence-electron chi connectivity index (χ3n) is 4.67. The van der Waals surface area contributed by atoms with Gasteiger partial charge in [0.25, 0.3) is 0 Å². The van der Waals surface area contributed by atoms with E-state index in [1.165, 1.54) is 7.11 Å². The lowest BCUT2D eigenvalue weighted by molar-refractivity contribution is -0.384. The zero-order chi connectivity index (χ0) is 20.0. The molecular weight excluding hydrogens is 376 g/mol. The predicted molar refractivity (Wildman–Crippen MR) is 99.9 cm³/mol. The van der Waals surface area contributed by atoms with Crippen LogP contribution in [0.2, 0.25) is 5.28 Å². The van der Waals surface area contributed by atoms with Crippen LogP contribution in [-0.2, 0) is 14.3 Å². The maximum atomic E-state index is 12.3. The molecule has 1 aromatic rings. The Labute approximate surface area is 163 Å². The minimum absolute atomic E-state index is 0.0364. The summed E-state index contributed by atoms with van der Waals surface area (Å²) < 4.78 is 10.7. The second-order valence-corrected chi connectivity index (χ2v) is 6.77. The zero-order valence-electron chi connectivity index (χ0n) is 15.8. The summed E-state index contributed by atoms with van der Waals surface area (Å²) in [7, 11) is 1.29. The van der Waals surface area contributed by atoms with E-state index in [9.17, 15) is 14.9 Å². The fourth-order valence-corrected chi connectivity index (χ4v) is 3.28. The summed E-state index contributed by atoms with van der Waals surface area (Å²) in [5, 5.41) is 11.4. The molecule has 0 saturated heterocycles. The van der Waals surface area contributed by atoms with Crippen molar-refractivity contribution in [3.05, 3.63) is 21.6 Å². The molecule has 0 radical (unpaired) electrons. The average molecular weight is 401 g/mol. The van der Waals surface area contributed by atoms with Crippen molar-refractivity contribution >= 4 is 29.1 Å². The van der Waals surface area contributed by atoms with Crippen LogP contribution in [0.5, 0.6) is 0 Å². The van der Waals surface area contributed by atoms with Gasteiger partial charge in [0.2, 0.25) is 11.1 Å². The van der Waals surface area contributed by atoms with Crippen molar-refractivity contribution in [2.75, 3.05) is 18.6 Å². The van der Waals surface area contributed by atoms with Gasteiger partial charge in [0.05, 0.1) is 18.1 Å². The van der Waals surface area contributed by atoms with E-state index in [-0.39, 0.29) is 28.9 Å². The Morgan fingerprint density at radius 1 is 1.48 bits per heavy atom. The first kappa shape index (κ1) is 21.3. The molecule has 1 saturated carbocycles. The third kappa shape index (κ3) is 5.04. The van der Waals surface area contributed by atoms with Crippen molar-refractivity contribution < 1.29 is 19.2 Å². The van der Waals surface area contributed by atoms with Gasteiger partial charge >= 0.3 is 11.7 Å². The number of carbonyl (C=O) groups excluding carboxylic acids is 1. The molecule has 0 spiro atoms. The summed E-state index contributed by atoms with van der Waals surface area (Å²) in [6, 6.07) is -0.841. The molecule has 0 aliphatic heterocycles. The molecule has 1 heterocycles. The number of ether oxygens (including phenoxy) is 2. The quantitative estimate of drug-likeness (QED) is 0.194. The second kappa shape index (κ2) is 9.80. The molecule has 9 nitrogen and oxygen atoms in total. The molecule has 150 valence electrons. The van der Waals surface area contributed by atoms with Crippen molar-refractivity contribution in [3.63, 3.8) is 0 Å². The summed E-state index contributed by atoms with van der Waals surface area (Å²) in [6.07, 6.45) is 4.87. The summed E-state index contributed by atoms with van der Waals surface area (Å²) in [4.78, 5) is 32.6. The Balaban J connectivity index is 2.31. The minimum Gasteiger partial charge on any atom is -0.467 e. The first-order valence-corrected chi connectivity index (χ1v) is 9.45. The normalized spacial score (nSPS) is 19.9. The molecule has 0 amide bonds. The van der Waals surface area contributed by atoms with Gasteiger partial charge in [-0.25, -0.2) is 9.78 Å². The van der Waals surface area contributed by atoms with Gasteiger partial charge in [-0.05, 0) is 37.3 Å². The van der Waals surface area contributed by atoms with Crippen LogP contribution in [0.1, 0.15) is 46.0 Å². The lowest BCUT2D eigenvalue weighted by atomic mass is 9.86. The highest BCUT2D eigenvalue weighted by molar-refractivity contribution is 6.28. The third-order valence-corrected chi connectivity index (χ3v) is 4.85. The predicted octanol–water partition coefficient (Wildman–Crippen LogP) is 3.14. The maximum absolute atomic E-state index is 12.3. The number of nitro groups is 1. The SMILES string of the molecule is CCCCOC1CC(N(c2nc(Cl)ncc2[N+](=O)[O-])[C@H](CC)C(=O)OC)C1. The number of nitrogens with zero attached hydrogens (tertiary/aromatic N) is 4. The van der Waals surface area contributed by atoms with Gasteiger partial charge in [0.1, 0.15) is 12.2 Å². The second-order valence-electron chi connectivity index (χ2n) is 6.43. The molecule has 0 aromatic carbocycles. The highest BCUT2D eigenvalue weighted by Crippen LogP contribution is 2.38. The van der Waals surface area contributed by atoms with Gasteiger partial charge < -0.3 is 14.4 Å². The standard InChI is InChI=1S/C17H25ClN4O5/c1-4-6-7-27-12-8-11(9-12)21(13(5-2)16(23)26-3)15-14(22(24)25)10-19-17(18)20-15/h10-13H,4-9H2,1-3H3/t11?,12?,13-/m1/s1. The fourth-order valence-electron chi connectivity index (χ4n) is 3.15. The van der Waals surface area contributed by atoms with E-state index in [0.29, 0.717) is 25.9 Å². The highest BCUT2D eigenvalue weighted by Gasteiger charge is 2.43. The molecular formula is C17H25ClN4O5. The number of aromatic nitrogens is 2. The van der Waals surface area contributed by atoms with E-state index in [1.807, 2.05) is 6.92 Å². The van der Waals surface area contributed by atoms with Crippen molar-refractivity contribution in [1.29, 1.82) is 0 Å². The van der Waals surface area contributed by atoms with Crippen LogP contribution in [0.15, 0.2) is 6.20 Å². The summed E-state index contributed by atoms with van der Waals surface area (Å²) in [5.74, 6) is -0.439. The van der Waals surface area contributed by atoms with E-state index in [2.05, 4.69) is 16.9 Å². The number of anilines is 1. The van der Waals surface area contributed by atoms with Crippen LogP contribution in [0.4, 0.5) is 11.5 Å². The molecule has 0 unspecified atom stereocenters. The summed E-state index contributed by atoms with van der Waals surface area (Å²) in [6.45, 7) is 4.59. The minimum atomic E-state index is -0.707. The largest absolute Gasteiger partial charge is 0.467 e. The molecule has 0 N–H and O–H groups in total. The van der Waals surface area contributed by atoms with Crippen LogP contribution < -0.4 is 4.90 Å². The van der Waals surface area contributed by atoms with Gasteiger partial charge in [-0.2, -0.15) is 4.98 Å². The average Bonchev–Trinajstić information content (AvgIpc) is 2.61. The Kier molecular flexibility index (Phi) is 7.73. The number of esters is 1. The van der Waals surface area contributed by atoms with E-state index < -0.39 is 16.9 Å². The molecule has 10 heteroatoms. The number of hydrogen-bond donors (Lipinski definition) is 0. The summed E-state index contributed by atoms with van der Waals surface area (Å²) in [5.41, 5.74) is -0.294. The van der Waals surface area contributed by atoms with E-state index in [0.717, 1.165) is 19.0 Å². The molecule has 0 bridgehead atoms. The first-order chi connectivity index (χ1) is 12.9. The van der Waals surface area contributed by atoms with Crippen LogP contribution in [0, 0.1) is 10.1 Å². The maximum Gasteiger partial charge on any atom is 0.329 e. The van der Waals surface area contributed by atoms with Gasteiger partial charge in [-0.1, -0.05) is 20.3 Å². The smallest absolute Gasteiger partial charge is 0.329 e. The van der Waals surface area contributed by atoms with Crippen molar-refractivity contribution in [2.24, 2.45) is 0 Å². The Morgan fingerprint density at radius 2 is 2.19 bits per heavy atom. The van der Waals surface area contributed by atoms with E-state index >= 15 is 0 Å². The van der Waals surface area contributed by atoms with Crippen LogP contribution >= 0.6 is 11.6 Å². The van der Waals surface area contributed by atoms with Gasteiger partial charge in [0.15, 0.2) is 0 Å². The van der Waals surface area contributed by atoms with E-state index in [4.69, 9.17) is 21.1 Å². The van der Waals surface area contributed by atoms with Crippen molar-refractivity contribution in [1.82, 2.24) is 9.97 Å². The number of methoxy groups -OCH3 is 1. The number of unbranched alkanes of at least 4 members (excludes halogenated alkanes) is 1. The topological polar surface area (TPSA) is 108 Å². The molecule has 1 atom stereocenters. The van der Waals surface area contributed by atoms with Crippen LogP contribution in [0.25, 0.3) is 0 Å². The van der Waals surface area contributed by atoms with Crippen molar-refractivity contribution in [3.8, 4) is 0 Å². The Hall–Kier alpha value is -2.00. The van der Waals surface area contributed by atoms with E-state index in [1.54, 1.807) is 4.90 Å². The molecule has 2 rings (SSSR count). The fraction of sp³-hybridized carbons (Fsp3) is 0.706. The lowest BCUT2D eigenvalue weighted by Gasteiger charge is -2.45. The molecule has 1 fully saturated rings. The van der Waals surface area contributed by atoms with Gasteiger partial charge in [-0.15, -0.1) is 0 Å². The van der Waals surface area contributed by atoms with Crippen LogP contribution in [-0.4, -0.2) is 52.8 Å². The first-order valence-electron chi connectivity index (χ1n) is 9.07. The number of hydrogen-bond acceptors (Lipinski definition) is 8. The molecule has 1 aromatic heterocycles. The summed E-state index contributed by atoms with van der Waals surface area (Å²) >= 11 is 5.89. The number of halogens is 1. The van der Waals surface area contributed by atoms with Crippen LogP contribution in [0.3, 0.4) is 0 Å². The molecule has 27 heavy (non-hydrogen) atoms. The lowest BCUT2D eigenvalue weighted by Crippen LogP contribution is -2.55. The Bertz CT molecular complexity index is 669. The number of rotatable bonds is 10. The zero-order valence-corrected chi connectivity index (χ0v) is 16.5. The monoisotopic (exact) mass is 400 g/mol. The highest BCUT2D eigenvalue weighted by atomic mass is 35.5.